The predicted molar refractivity (Wildman–Crippen MR) is 71.3 cm³/mol. The van der Waals surface area contributed by atoms with Crippen LogP contribution in [0, 0.1) is 11.8 Å². The maximum atomic E-state index is 5.52. The third kappa shape index (κ3) is 5.84. The van der Waals surface area contributed by atoms with Gasteiger partial charge in [-0.3, -0.25) is 0 Å². The Labute approximate surface area is 106 Å². The van der Waals surface area contributed by atoms with Gasteiger partial charge in [-0.2, -0.15) is 0 Å². The number of rotatable bonds is 8. The topological polar surface area (TPSA) is 30.5 Å². The van der Waals surface area contributed by atoms with E-state index in [-0.39, 0.29) is 0 Å². The van der Waals surface area contributed by atoms with Gasteiger partial charge in [0.15, 0.2) is 0 Å². The molecule has 0 bridgehead atoms. The molecule has 3 heteroatoms. The van der Waals surface area contributed by atoms with Gasteiger partial charge in [0.2, 0.25) is 0 Å². The summed E-state index contributed by atoms with van der Waals surface area (Å²) in [7, 11) is 3.81. The fourth-order valence-electron chi connectivity index (χ4n) is 2.89. The first kappa shape index (κ1) is 14.9. The molecule has 1 rings (SSSR count). The minimum atomic E-state index is 0.708. The molecule has 0 aliphatic heterocycles. The van der Waals surface area contributed by atoms with Crippen molar-refractivity contribution in [1.29, 1.82) is 0 Å². The van der Waals surface area contributed by atoms with Crippen molar-refractivity contribution in [3.05, 3.63) is 0 Å². The highest BCUT2D eigenvalue weighted by atomic mass is 16.5. The Bertz CT molecular complexity index is 187. The van der Waals surface area contributed by atoms with E-state index in [1.54, 1.807) is 7.11 Å². The molecule has 17 heavy (non-hydrogen) atoms. The molecule has 0 aromatic rings. The van der Waals surface area contributed by atoms with E-state index >= 15 is 0 Å². The van der Waals surface area contributed by atoms with Gasteiger partial charge in [0.25, 0.3) is 0 Å². The molecule has 0 amide bonds. The van der Waals surface area contributed by atoms with Crippen LogP contribution in [0.25, 0.3) is 0 Å². The van der Waals surface area contributed by atoms with E-state index in [2.05, 4.69) is 19.3 Å². The standard InChI is InChI=1S/C14H29NO2/c1-12-6-7-14(15-2)13(11-12)5-4-8-17-10-9-16-3/h12-15H,4-11H2,1-3H3. The van der Waals surface area contributed by atoms with Crippen LogP contribution in [-0.2, 0) is 9.47 Å². The number of nitrogens with one attached hydrogen (secondary N) is 1. The van der Waals surface area contributed by atoms with Crippen molar-refractivity contribution in [1.82, 2.24) is 5.32 Å². The normalized spacial score (nSPS) is 29.5. The maximum absolute atomic E-state index is 5.52. The highest BCUT2D eigenvalue weighted by molar-refractivity contribution is 4.82. The first-order valence-electron chi connectivity index (χ1n) is 7.01. The summed E-state index contributed by atoms with van der Waals surface area (Å²) in [5.74, 6) is 1.74. The van der Waals surface area contributed by atoms with Crippen LogP contribution in [0.15, 0.2) is 0 Å². The molecule has 1 saturated carbocycles. The van der Waals surface area contributed by atoms with Gasteiger partial charge in [0.05, 0.1) is 13.2 Å². The molecule has 0 aromatic carbocycles. The molecule has 1 aliphatic carbocycles. The second kappa shape index (κ2) is 8.90. The summed E-state index contributed by atoms with van der Waals surface area (Å²) in [5.41, 5.74) is 0. The number of ether oxygens (including phenoxy) is 2. The first-order valence-corrected chi connectivity index (χ1v) is 7.01. The molecule has 0 heterocycles. The lowest BCUT2D eigenvalue weighted by Crippen LogP contribution is -2.38. The molecule has 3 atom stereocenters. The third-order valence-electron chi connectivity index (χ3n) is 3.91. The maximum Gasteiger partial charge on any atom is 0.0700 e. The second-order valence-electron chi connectivity index (χ2n) is 5.32. The zero-order chi connectivity index (χ0) is 12.5. The van der Waals surface area contributed by atoms with Crippen LogP contribution < -0.4 is 5.32 Å². The monoisotopic (exact) mass is 243 g/mol. The van der Waals surface area contributed by atoms with Crippen LogP contribution in [0.3, 0.4) is 0 Å². The van der Waals surface area contributed by atoms with Crippen LogP contribution in [-0.4, -0.2) is 40.0 Å². The summed E-state index contributed by atoms with van der Waals surface area (Å²) in [4.78, 5) is 0. The average Bonchev–Trinajstić information content (AvgIpc) is 2.34. The summed E-state index contributed by atoms with van der Waals surface area (Å²) in [5, 5.41) is 3.47. The van der Waals surface area contributed by atoms with Crippen LogP contribution in [0.4, 0.5) is 0 Å². The van der Waals surface area contributed by atoms with Crippen LogP contribution in [0.5, 0.6) is 0 Å². The van der Waals surface area contributed by atoms with Crippen LogP contribution >= 0.6 is 0 Å². The van der Waals surface area contributed by atoms with Crippen molar-refractivity contribution in [2.45, 2.75) is 45.1 Å². The lowest BCUT2D eigenvalue weighted by atomic mass is 9.77. The van der Waals surface area contributed by atoms with E-state index in [1.807, 2.05) is 0 Å². The Balaban J connectivity index is 2.10. The molecule has 1 N–H and O–H groups in total. The molecule has 1 aliphatic rings. The zero-order valence-corrected chi connectivity index (χ0v) is 11.7. The lowest BCUT2D eigenvalue weighted by molar-refractivity contribution is 0.0647. The van der Waals surface area contributed by atoms with Crippen molar-refractivity contribution in [2.24, 2.45) is 11.8 Å². The van der Waals surface area contributed by atoms with E-state index < -0.39 is 0 Å². The Kier molecular flexibility index (Phi) is 7.82. The molecule has 102 valence electrons. The predicted octanol–water partition coefficient (Wildman–Crippen LogP) is 2.45. The van der Waals surface area contributed by atoms with Crippen molar-refractivity contribution in [3.8, 4) is 0 Å². The largest absolute Gasteiger partial charge is 0.382 e. The highest BCUT2D eigenvalue weighted by Crippen LogP contribution is 2.31. The molecule has 1 fully saturated rings. The Hall–Kier alpha value is -0.120. The van der Waals surface area contributed by atoms with Gasteiger partial charge in [-0.1, -0.05) is 6.92 Å². The molecule has 0 radical (unpaired) electrons. The van der Waals surface area contributed by atoms with E-state index in [0.29, 0.717) is 6.61 Å². The fraction of sp³-hybridized carbons (Fsp3) is 1.00. The zero-order valence-electron chi connectivity index (χ0n) is 11.7. The summed E-state index contributed by atoms with van der Waals surface area (Å²) >= 11 is 0. The van der Waals surface area contributed by atoms with Crippen LogP contribution in [0.2, 0.25) is 0 Å². The Morgan fingerprint density at radius 3 is 2.71 bits per heavy atom. The minimum absolute atomic E-state index is 0.708. The van der Waals surface area contributed by atoms with E-state index in [1.165, 1.54) is 32.1 Å². The Morgan fingerprint density at radius 2 is 2.00 bits per heavy atom. The minimum Gasteiger partial charge on any atom is -0.382 e. The molecule has 0 saturated heterocycles. The van der Waals surface area contributed by atoms with Crippen molar-refractivity contribution in [3.63, 3.8) is 0 Å². The number of hydrogen-bond donors (Lipinski definition) is 1. The van der Waals surface area contributed by atoms with E-state index in [0.717, 1.165) is 31.1 Å². The van der Waals surface area contributed by atoms with Gasteiger partial charge >= 0.3 is 0 Å². The molecular formula is C14H29NO2. The molecule has 0 spiro atoms. The average molecular weight is 243 g/mol. The smallest absolute Gasteiger partial charge is 0.0700 e. The SMILES string of the molecule is CNC1CCC(C)CC1CCCOCCOC. The fourth-order valence-corrected chi connectivity index (χ4v) is 2.89. The van der Waals surface area contributed by atoms with Crippen molar-refractivity contribution < 1.29 is 9.47 Å². The van der Waals surface area contributed by atoms with Gasteiger partial charge in [0.1, 0.15) is 0 Å². The molecule has 3 nitrogen and oxygen atoms in total. The van der Waals surface area contributed by atoms with Gasteiger partial charge in [0, 0.05) is 19.8 Å². The summed E-state index contributed by atoms with van der Waals surface area (Å²) in [6.07, 6.45) is 6.57. The highest BCUT2D eigenvalue weighted by Gasteiger charge is 2.26. The van der Waals surface area contributed by atoms with Crippen LogP contribution in [0.1, 0.15) is 39.0 Å². The second-order valence-corrected chi connectivity index (χ2v) is 5.32. The quantitative estimate of drug-likeness (QED) is 0.664. The third-order valence-corrected chi connectivity index (χ3v) is 3.91. The van der Waals surface area contributed by atoms with Gasteiger partial charge in [-0.15, -0.1) is 0 Å². The van der Waals surface area contributed by atoms with Gasteiger partial charge in [-0.25, -0.2) is 0 Å². The Morgan fingerprint density at radius 1 is 1.18 bits per heavy atom. The van der Waals surface area contributed by atoms with Gasteiger partial charge in [-0.05, 0) is 51.0 Å². The lowest BCUT2D eigenvalue weighted by Gasteiger charge is -2.34. The molecule has 0 aromatic heterocycles. The van der Waals surface area contributed by atoms with Gasteiger partial charge < -0.3 is 14.8 Å². The summed E-state index contributed by atoms with van der Waals surface area (Å²) in [6, 6.07) is 0.727. The molecular weight excluding hydrogens is 214 g/mol. The first-order chi connectivity index (χ1) is 8.27. The van der Waals surface area contributed by atoms with E-state index in [4.69, 9.17) is 9.47 Å². The summed E-state index contributed by atoms with van der Waals surface area (Å²) in [6.45, 7) is 4.70. The summed E-state index contributed by atoms with van der Waals surface area (Å²) < 4.78 is 10.5. The number of methoxy groups -OCH3 is 1. The molecule has 3 unspecified atom stereocenters. The van der Waals surface area contributed by atoms with Crippen molar-refractivity contribution >= 4 is 0 Å². The number of hydrogen-bond acceptors (Lipinski definition) is 3. The van der Waals surface area contributed by atoms with E-state index in [9.17, 15) is 0 Å². The van der Waals surface area contributed by atoms with Crippen molar-refractivity contribution in [2.75, 3.05) is 34.0 Å².